The van der Waals surface area contributed by atoms with Crippen LogP contribution in [0.4, 0.5) is 0 Å². The topological polar surface area (TPSA) is 130 Å². The Morgan fingerprint density at radius 3 is 2.04 bits per heavy atom. The Kier molecular flexibility index (Phi) is 25.0. The van der Waals surface area contributed by atoms with E-state index in [-0.39, 0.29) is 30.7 Å². The SMILES string of the molecule is C/C=C/C(=O)NCCCCCC(C)=O.CC.CNCC(=O)NCC(N)=O. The Hall–Kier alpha value is -2.22. The molecule has 0 heterocycles. The summed E-state index contributed by atoms with van der Waals surface area (Å²) in [5, 5.41) is 7.70. The van der Waals surface area contributed by atoms with E-state index in [1.807, 2.05) is 20.8 Å². The Morgan fingerprint density at radius 2 is 1.58 bits per heavy atom. The number of unbranched alkanes of at least 4 members (excludes halogenated alkanes) is 2. The third-order valence-corrected chi connectivity index (χ3v) is 2.62. The molecule has 5 N–H and O–H groups in total. The molecule has 0 spiro atoms. The zero-order chi connectivity index (χ0) is 20.8. The van der Waals surface area contributed by atoms with Crippen LogP contribution in [0.25, 0.3) is 0 Å². The molecule has 152 valence electrons. The van der Waals surface area contributed by atoms with E-state index in [2.05, 4.69) is 16.0 Å². The van der Waals surface area contributed by atoms with E-state index >= 15 is 0 Å². The molecule has 0 unspecified atom stereocenters. The van der Waals surface area contributed by atoms with Crippen molar-refractivity contribution >= 4 is 23.5 Å². The van der Waals surface area contributed by atoms with Crippen molar-refractivity contribution in [3.05, 3.63) is 12.2 Å². The highest BCUT2D eigenvalue weighted by Crippen LogP contribution is 1.99. The number of allylic oxidation sites excluding steroid dienone is 1. The summed E-state index contributed by atoms with van der Waals surface area (Å²) in [6.45, 7) is 8.22. The fourth-order valence-corrected chi connectivity index (χ4v) is 1.51. The largest absolute Gasteiger partial charge is 0.368 e. The minimum atomic E-state index is -0.538. The predicted octanol–water partition coefficient (Wildman–Crippen LogP) is 0.662. The summed E-state index contributed by atoms with van der Waals surface area (Å²) in [5.74, 6) is -0.576. The molecule has 0 aromatic heterocycles. The van der Waals surface area contributed by atoms with Crippen LogP contribution in [0.2, 0.25) is 0 Å². The molecule has 0 aliphatic rings. The Labute approximate surface area is 157 Å². The van der Waals surface area contributed by atoms with Gasteiger partial charge in [-0.15, -0.1) is 0 Å². The summed E-state index contributed by atoms with van der Waals surface area (Å²) in [4.78, 5) is 42.2. The van der Waals surface area contributed by atoms with Crippen LogP contribution in [0, 0.1) is 0 Å². The van der Waals surface area contributed by atoms with Crippen LogP contribution >= 0.6 is 0 Å². The van der Waals surface area contributed by atoms with Gasteiger partial charge in [0.15, 0.2) is 0 Å². The first-order valence-electron chi connectivity index (χ1n) is 8.93. The van der Waals surface area contributed by atoms with Gasteiger partial charge in [0, 0.05) is 13.0 Å². The normalized spacial score (nSPS) is 9.27. The standard InChI is InChI=1S/C11H19NO2.C5H11N3O2.C2H6/c1-3-7-11(14)12-9-6-4-5-8-10(2)13;1-7-3-5(10)8-2-4(6)9;1-2/h3,7H,4-6,8-9H2,1-2H3,(H,12,14);7H,2-3H2,1H3,(H2,6,9)(H,8,10);1-2H3/b7-3+;;. The minimum absolute atomic E-state index is 0.0425. The van der Waals surface area contributed by atoms with Gasteiger partial charge in [0.1, 0.15) is 5.78 Å². The van der Waals surface area contributed by atoms with Gasteiger partial charge in [-0.1, -0.05) is 26.3 Å². The number of likely N-dealkylation sites (N-methyl/N-ethyl adjacent to an activating group) is 1. The molecule has 0 rings (SSSR count). The third-order valence-electron chi connectivity index (χ3n) is 2.62. The second kappa shape index (κ2) is 22.8. The number of ketones is 1. The molecule has 0 aromatic carbocycles. The number of hydrogen-bond donors (Lipinski definition) is 4. The van der Waals surface area contributed by atoms with E-state index in [0.717, 1.165) is 19.3 Å². The van der Waals surface area contributed by atoms with E-state index in [0.29, 0.717) is 13.0 Å². The number of Topliss-reactive ketones (excluding diaryl/α,β-unsaturated/α-hetero) is 1. The van der Waals surface area contributed by atoms with E-state index < -0.39 is 5.91 Å². The number of hydrogen-bond acceptors (Lipinski definition) is 5. The van der Waals surface area contributed by atoms with Crippen molar-refractivity contribution in [2.45, 2.75) is 53.4 Å². The van der Waals surface area contributed by atoms with Gasteiger partial charge in [0.25, 0.3) is 0 Å². The summed E-state index contributed by atoms with van der Waals surface area (Å²) < 4.78 is 0. The number of carbonyl (C=O) groups is 4. The lowest BCUT2D eigenvalue weighted by molar-refractivity contribution is -0.124. The van der Waals surface area contributed by atoms with Crippen LogP contribution in [0.15, 0.2) is 12.2 Å². The molecule has 0 saturated heterocycles. The second-order valence-corrected chi connectivity index (χ2v) is 5.08. The van der Waals surface area contributed by atoms with Crippen molar-refractivity contribution in [3.63, 3.8) is 0 Å². The first-order chi connectivity index (χ1) is 12.3. The summed E-state index contributed by atoms with van der Waals surface area (Å²) in [5.41, 5.74) is 4.76. The van der Waals surface area contributed by atoms with Gasteiger partial charge in [-0.25, -0.2) is 0 Å². The number of nitrogens with one attached hydrogen (secondary N) is 3. The number of amides is 3. The number of carbonyl (C=O) groups excluding carboxylic acids is 4. The first-order valence-corrected chi connectivity index (χ1v) is 8.93. The molecule has 0 radical (unpaired) electrons. The highest BCUT2D eigenvalue weighted by atomic mass is 16.2. The van der Waals surface area contributed by atoms with Gasteiger partial charge in [0.05, 0.1) is 13.1 Å². The lowest BCUT2D eigenvalue weighted by Gasteiger charge is -2.01. The number of primary amides is 1. The van der Waals surface area contributed by atoms with Gasteiger partial charge >= 0.3 is 0 Å². The van der Waals surface area contributed by atoms with Crippen molar-refractivity contribution in [2.75, 3.05) is 26.7 Å². The quantitative estimate of drug-likeness (QED) is 0.313. The van der Waals surface area contributed by atoms with Crippen LogP contribution in [-0.4, -0.2) is 50.2 Å². The monoisotopic (exact) mass is 372 g/mol. The van der Waals surface area contributed by atoms with Crippen molar-refractivity contribution < 1.29 is 19.2 Å². The van der Waals surface area contributed by atoms with E-state index in [1.165, 1.54) is 6.08 Å². The summed E-state index contributed by atoms with van der Waals surface area (Å²) in [7, 11) is 1.64. The van der Waals surface area contributed by atoms with Gasteiger partial charge in [0.2, 0.25) is 17.7 Å². The number of nitrogens with two attached hydrogens (primary N) is 1. The zero-order valence-electron chi connectivity index (χ0n) is 16.8. The van der Waals surface area contributed by atoms with Gasteiger partial charge in [-0.2, -0.15) is 0 Å². The Morgan fingerprint density at radius 1 is 0.962 bits per heavy atom. The summed E-state index contributed by atoms with van der Waals surface area (Å²) in [6.07, 6.45) is 6.74. The molecule has 0 saturated carbocycles. The average molecular weight is 373 g/mol. The molecule has 0 fully saturated rings. The fourth-order valence-electron chi connectivity index (χ4n) is 1.51. The highest BCUT2D eigenvalue weighted by molar-refractivity contribution is 5.87. The third kappa shape index (κ3) is 29.7. The Balaban J connectivity index is -0.000000388. The molecule has 0 aliphatic carbocycles. The summed E-state index contributed by atoms with van der Waals surface area (Å²) >= 11 is 0. The molecule has 8 nitrogen and oxygen atoms in total. The van der Waals surface area contributed by atoms with Crippen molar-refractivity contribution in [2.24, 2.45) is 5.73 Å². The highest BCUT2D eigenvalue weighted by Gasteiger charge is 1.99. The van der Waals surface area contributed by atoms with Crippen molar-refractivity contribution in [1.29, 1.82) is 0 Å². The molecular formula is C18H36N4O4. The second-order valence-electron chi connectivity index (χ2n) is 5.08. The first kappa shape index (κ1) is 28.6. The van der Waals surface area contributed by atoms with Gasteiger partial charge < -0.3 is 26.5 Å². The lowest BCUT2D eigenvalue weighted by Crippen LogP contribution is -2.37. The molecule has 0 aliphatic heterocycles. The predicted molar refractivity (Wildman–Crippen MR) is 104 cm³/mol. The zero-order valence-corrected chi connectivity index (χ0v) is 16.8. The summed E-state index contributed by atoms with van der Waals surface area (Å²) in [6, 6.07) is 0. The fraction of sp³-hybridized carbons (Fsp3) is 0.667. The smallest absolute Gasteiger partial charge is 0.243 e. The maximum atomic E-state index is 10.9. The maximum absolute atomic E-state index is 10.9. The van der Waals surface area contributed by atoms with E-state index in [4.69, 9.17) is 5.73 Å². The van der Waals surface area contributed by atoms with Gasteiger partial charge in [-0.05, 0) is 39.8 Å². The van der Waals surface area contributed by atoms with Crippen LogP contribution in [0.3, 0.4) is 0 Å². The molecule has 8 heteroatoms. The van der Waals surface area contributed by atoms with E-state index in [9.17, 15) is 19.2 Å². The van der Waals surface area contributed by atoms with Crippen molar-refractivity contribution in [1.82, 2.24) is 16.0 Å². The van der Waals surface area contributed by atoms with Crippen LogP contribution < -0.4 is 21.7 Å². The van der Waals surface area contributed by atoms with Crippen LogP contribution in [0.5, 0.6) is 0 Å². The van der Waals surface area contributed by atoms with Crippen LogP contribution in [-0.2, 0) is 19.2 Å². The van der Waals surface area contributed by atoms with Crippen molar-refractivity contribution in [3.8, 4) is 0 Å². The maximum Gasteiger partial charge on any atom is 0.243 e. The van der Waals surface area contributed by atoms with Gasteiger partial charge in [-0.3, -0.25) is 14.4 Å². The van der Waals surface area contributed by atoms with E-state index in [1.54, 1.807) is 20.0 Å². The lowest BCUT2D eigenvalue weighted by atomic mass is 10.1. The average Bonchev–Trinajstić information content (AvgIpc) is 2.59. The molecule has 0 bridgehead atoms. The van der Waals surface area contributed by atoms with Crippen LogP contribution in [0.1, 0.15) is 53.4 Å². The molecule has 26 heavy (non-hydrogen) atoms. The Bertz CT molecular complexity index is 423. The minimum Gasteiger partial charge on any atom is -0.368 e. The molecular weight excluding hydrogens is 336 g/mol. The molecule has 0 atom stereocenters. The molecule has 0 aromatic rings. The molecule has 3 amide bonds. The number of rotatable bonds is 11.